The van der Waals surface area contributed by atoms with Crippen LogP contribution in [-0.2, 0) is 16.0 Å². The van der Waals surface area contributed by atoms with E-state index in [0.717, 1.165) is 5.56 Å². The first-order valence-electron chi connectivity index (χ1n) is 8.60. The normalized spacial score (nSPS) is 15.2. The van der Waals surface area contributed by atoms with Gasteiger partial charge in [0.1, 0.15) is 6.04 Å². The van der Waals surface area contributed by atoms with Crippen molar-refractivity contribution in [2.24, 2.45) is 0 Å². The molecule has 0 saturated carbocycles. The standard InChI is InChI=1S/C19H22N4O3/c24-18(21-16-7-4-8-20-14-16)17(13-15-5-2-1-3-6-15)22-19(25)23-9-11-26-12-10-23/h1-8,14,17H,9-13H2,(H,21,24)(H,22,25). The second kappa shape index (κ2) is 8.96. The molecule has 0 radical (unpaired) electrons. The molecule has 2 aromatic rings. The zero-order chi connectivity index (χ0) is 18.2. The van der Waals surface area contributed by atoms with E-state index in [9.17, 15) is 9.59 Å². The first kappa shape index (κ1) is 17.9. The van der Waals surface area contributed by atoms with E-state index < -0.39 is 6.04 Å². The van der Waals surface area contributed by atoms with Crippen molar-refractivity contribution in [2.45, 2.75) is 12.5 Å². The van der Waals surface area contributed by atoms with Crippen molar-refractivity contribution in [2.75, 3.05) is 31.6 Å². The van der Waals surface area contributed by atoms with Crippen LogP contribution in [0, 0.1) is 0 Å². The maximum atomic E-state index is 12.7. The summed E-state index contributed by atoms with van der Waals surface area (Å²) in [6.07, 6.45) is 3.61. The Balaban J connectivity index is 1.70. The number of urea groups is 1. The van der Waals surface area contributed by atoms with Crippen LogP contribution in [0.5, 0.6) is 0 Å². The highest BCUT2D eigenvalue weighted by Gasteiger charge is 2.25. The predicted molar refractivity (Wildman–Crippen MR) is 97.7 cm³/mol. The van der Waals surface area contributed by atoms with Gasteiger partial charge in [-0.3, -0.25) is 9.78 Å². The highest BCUT2D eigenvalue weighted by atomic mass is 16.5. The van der Waals surface area contributed by atoms with E-state index >= 15 is 0 Å². The van der Waals surface area contributed by atoms with E-state index in [4.69, 9.17) is 4.74 Å². The fourth-order valence-electron chi connectivity index (χ4n) is 2.73. The van der Waals surface area contributed by atoms with Gasteiger partial charge in [-0.25, -0.2) is 4.79 Å². The van der Waals surface area contributed by atoms with E-state index in [1.807, 2.05) is 30.3 Å². The number of carbonyl (C=O) groups is 2. The lowest BCUT2D eigenvalue weighted by atomic mass is 10.1. The molecule has 1 aromatic carbocycles. The van der Waals surface area contributed by atoms with Gasteiger partial charge in [-0.15, -0.1) is 0 Å². The Hall–Kier alpha value is -2.93. The predicted octanol–water partition coefficient (Wildman–Crippen LogP) is 1.67. The molecule has 1 saturated heterocycles. The van der Waals surface area contributed by atoms with Crippen LogP contribution in [-0.4, -0.2) is 54.2 Å². The lowest BCUT2D eigenvalue weighted by Crippen LogP contribution is -2.53. The summed E-state index contributed by atoms with van der Waals surface area (Å²) >= 11 is 0. The Morgan fingerprint density at radius 1 is 1.12 bits per heavy atom. The van der Waals surface area contributed by atoms with Crippen molar-refractivity contribution in [1.82, 2.24) is 15.2 Å². The third kappa shape index (κ3) is 5.03. The summed E-state index contributed by atoms with van der Waals surface area (Å²) in [5, 5.41) is 5.67. The minimum absolute atomic E-state index is 0.254. The van der Waals surface area contributed by atoms with Crippen LogP contribution in [0.15, 0.2) is 54.9 Å². The molecule has 0 aliphatic carbocycles. The fourth-order valence-corrected chi connectivity index (χ4v) is 2.73. The molecule has 2 N–H and O–H groups in total. The van der Waals surface area contributed by atoms with Gasteiger partial charge in [-0.2, -0.15) is 0 Å². The number of aromatic nitrogens is 1. The molecule has 1 aromatic heterocycles. The number of nitrogens with zero attached hydrogens (tertiary/aromatic N) is 2. The van der Waals surface area contributed by atoms with Gasteiger partial charge in [0, 0.05) is 25.7 Å². The number of rotatable bonds is 5. The van der Waals surface area contributed by atoms with Crippen molar-refractivity contribution < 1.29 is 14.3 Å². The molecule has 1 fully saturated rings. The number of hydrogen-bond donors (Lipinski definition) is 2. The average Bonchev–Trinajstić information content (AvgIpc) is 2.69. The number of anilines is 1. The number of benzene rings is 1. The summed E-state index contributed by atoms with van der Waals surface area (Å²) in [4.78, 5) is 30.9. The molecular formula is C19H22N4O3. The Labute approximate surface area is 152 Å². The van der Waals surface area contributed by atoms with Crippen LogP contribution in [0.25, 0.3) is 0 Å². The summed E-state index contributed by atoms with van der Waals surface area (Å²) < 4.78 is 5.27. The molecule has 1 aliphatic rings. The van der Waals surface area contributed by atoms with Crippen LogP contribution in [0.3, 0.4) is 0 Å². The van der Waals surface area contributed by atoms with Gasteiger partial charge >= 0.3 is 6.03 Å². The molecular weight excluding hydrogens is 332 g/mol. The van der Waals surface area contributed by atoms with Crippen LogP contribution in [0.4, 0.5) is 10.5 Å². The van der Waals surface area contributed by atoms with Crippen LogP contribution >= 0.6 is 0 Å². The number of amides is 3. The van der Waals surface area contributed by atoms with E-state index in [1.165, 1.54) is 0 Å². The second-order valence-corrected chi connectivity index (χ2v) is 6.02. The lowest BCUT2D eigenvalue weighted by Gasteiger charge is -2.29. The summed E-state index contributed by atoms with van der Waals surface area (Å²) in [6.45, 7) is 2.07. The molecule has 2 heterocycles. The van der Waals surface area contributed by atoms with Crippen molar-refractivity contribution in [3.8, 4) is 0 Å². The molecule has 3 amide bonds. The Kier molecular flexibility index (Phi) is 6.16. The highest BCUT2D eigenvalue weighted by molar-refractivity contribution is 5.97. The molecule has 0 spiro atoms. The second-order valence-electron chi connectivity index (χ2n) is 6.02. The Morgan fingerprint density at radius 2 is 1.88 bits per heavy atom. The van der Waals surface area contributed by atoms with Gasteiger partial charge in [-0.05, 0) is 17.7 Å². The molecule has 1 aliphatic heterocycles. The summed E-state index contributed by atoms with van der Waals surface area (Å²) in [5.74, 6) is -0.275. The molecule has 1 unspecified atom stereocenters. The van der Waals surface area contributed by atoms with Gasteiger partial charge in [0.25, 0.3) is 0 Å². The Bertz CT molecular complexity index is 718. The van der Waals surface area contributed by atoms with E-state index in [0.29, 0.717) is 38.4 Å². The minimum atomic E-state index is -0.687. The van der Waals surface area contributed by atoms with E-state index in [1.54, 1.807) is 29.4 Å². The third-order valence-corrected chi connectivity index (χ3v) is 4.12. The fraction of sp³-hybridized carbons (Fsp3) is 0.316. The average molecular weight is 354 g/mol. The van der Waals surface area contributed by atoms with E-state index in [2.05, 4.69) is 15.6 Å². The van der Waals surface area contributed by atoms with Crippen LogP contribution < -0.4 is 10.6 Å². The third-order valence-electron chi connectivity index (χ3n) is 4.12. The maximum Gasteiger partial charge on any atom is 0.318 e. The molecule has 3 rings (SSSR count). The van der Waals surface area contributed by atoms with Crippen LogP contribution in [0.1, 0.15) is 5.56 Å². The van der Waals surface area contributed by atoms with Gasteiger partial charge in [-0.1, -0.05) is 30.3 Å². The first-order chi connectivity index (χ1) is 12.7. The van der Waals surface area contributed by atoms with Gasteiger partial charge < -0.3 is 20.3 Å². The molecule has 7 heteroatoms. The largest absolute Gasteiger partial charge is 0.378 e. The van der Waals surface area contributed by atoms with E-state index in [-0.39, 0.29) is 11.9 Å². The van der Waals surface area contributed by atoms with Gasteiger partial charge in [0.15, 0.2) is 0 Å². The molecule has 1 atom stereocenters. The van der Waals surface area contributed by atoms with Crippen molar-refractivity contribution in [3.05, 3.63) is 60.4 Å². The molecule has 136 valence electrons. The highest BCUT2D eigenvalue weighted by Crippen LogP contribution is 2.09. The maximum absolute atomic E-state index is 12.7. The lowest BCUT2D eigenvalue weighted by molar-refractivity contribution is -0.118. The zero-order valence-corrected chi connectivity index (χ0v) is 14.4. The number of ether oxygens (including phenoxy) is 1. The molecule has 26 heavy (non-hydrogen) atoms. The SMILES string of the molecule is O=C(Nc1cccnc1)C(Cc1ccccc1)NC(=O)N1CCOCC1. The zero-order valence-electron chi connectivity index (χ0n) is 14.4. The number of pyridine rings is 1. The number of hydrogen-bond acceptors (Lipinski definition) is 4. The number of morpholine rings is 1. The van der Waals surface area contributed by atoms with Gasteiger partial charge in [0.2, 0.25) is 5.91 Å². The van der Waals surface area contributed by atoms with Crippen LogP contribution in [0.2, 0.25) is 0 Å². The summed E-state index contributed by atoms with van der Waals surface area (Å²) in [5.41, 5.74) is 1.57. The minimum Gasteiger partial charge on any atom is -0.378 e. The topological polar surface area (TPSA) is 83.6 Å². The van der Waals surface area contributed by atoms with Crippen molar-refractivity contribution >= 4 is 17.6 Å². The summed E-state index contributed by atoms with van der Waals surface area (Å²) in [6, 6.07) is 12.2. The first-order valence-corrected chi connectivity index (χ1v) is 8.60. The molecule has 7 nitrogen and oxygen atoms in total. The van der Waals surface area contributed by atoms with Gasteiger partial charge in [0.05, 0.1) is 25.1 Å². The van der Waals surface area contributed by atoms with Crippen molar-refractivity contribution in [3.63, 3.8) is 0 Å². The number of carbonyl (C=O) groups excluding carboxylic acids is 2. The number of nitrogens with one attached hydrogen (secondary N) is 2. The molecule has 0 bridgehead atoms. The summed E-state index contributed by atoms with van der Waals surface area (Å²) in [7, 11) is 0. The smallest absolute Gasteiger partial charge is 0.318 e. The quantitative estimate of drug-likeness (QED) is 0.856. The monoisotopic (exact) mass is 354 g/mol. The Morgan fingerprint density at radius 3 is 2.58 bits per heavy atom. The van der Waals surface area contributed by atoms with Crippen molar-refractivity contribution in [1.29, 1.82) is 0 Å².